The maximum absolute atomic E-state index is 11.6. The van der Waals surface area contributed by atoms with E-state index < -0.39 is 23.3 Å². The number of benzene rings is 1. The lowest BCUT2D eigenvalue weighted by Gasteiger charge is -2.04. The number of hydrogen-bond donors (Lipinski definition) is 4. The van der Waals surface area contributed by atoms with Crippen molar-refractivity contribution in [3.05, 3.63) is 42.0 Å². The number of hydrogen-bond acceptors (Lipinski definition) is 5. The van der Waals surface area contributed by atoms with E-state index >= 15 is 0 Å². The standard InChI is InChI=1S/C12H10O6/c13-7-5-9(15)12(10(16)6-7)8(14)3-1-2-4-11(17)18/h1-6,13,15-16H,(H,17,18)/b3-1+,4-2+. The number of aromatic hydroxyl groups is 3. The van der Waals surface area contributed by atoms with Crippen LogP contribution in [0.4, 0.5) is 0 Å². The number of rotatable bonds is 4. The van der Waals surface area contributed by atoms with Crippen LogP contribution in [0.5, 0.6) is 17.2 Å². The highest BCUT2D eigenvalue weighted by atomic mass is 16.4. The number of carbonyl (C=O) groups excluding carboxylic acids is 1. The minimum atomic E-state index is -1.16. The third kappa shape index (κ3) is 3.38. The molecule has 1 rings (SSSR count). The number of phenols is 3. The normalized spacial score (nSPS) is 11.1. The maximum Gasteiger partial charge on any atom is 0.328 e. The highest BCUT2D eigenvalue weighted by Gasteiger charge is 2.15. The fourth-order valence-electron chi connectivity index (χ4n) is 1.21. The van der Waals surface area contributed by atoms with Crippen molar-refractivity contribution in [1.29, 1.82) is 0 Å². The molecule has 0 heterocycles. The zero-order valence-corrected chi connectivity index (χ0v) is 9.07. The molecule has 0 saturated heterocycles. The molecule has 0 radical (unpaired) electrons. The first-order valence-electron chi connectivity index (χ1n) is 4.78. The topological polar surface area (TPSA) is 115 Å². The molecule has 0 amide bonds. The van der Waals surface area contributed by atoms with Crippen LogP contribution in [0.15, 0.2) is 36.4 Å². The Morgan fingerprint density at radius 1 is 0.944 bits per heavy atom. The van der Waals surface area contributed by atoms with Gasteiger partial charge in [-0.1, -0.05) is 12.2 Å². The molecule has 0 aromatic heterocycles. The smallest absolute Gasteiger partial charge is 0.328 e. The Balaban J connectivity index is 2.95. The predicted octanol–water partition coefficient (Wildman–Crippen LogP) is 1.18. The van der Waals surface area contributed by atoms with Crippen molar-refractivity contribution in [3.63, 3.8) is 0 Å². The van der Waals surface area contributed by atoms with Crippen molar-refractivity contribution in [2.45, 2.75) is 0 Å². The minimum Gasteiger partial charge on any atom is -0.508 e. The van der Waals surface area contributed by atoms with Gasteiger partial charge in [-0.25, -0.2) is 4.79 Å². The van der Waals surface area contributed by atoms with Crippen LogP contribution in [0.3, 0.4) is 0 Å². The first-order chi connectivity index (χ1) is 8.41. The van der Waals surface area contributed by atoms with Crippen molar-refractivity contribution in [3.8, 4) is 17.2 Å². The molecule has 0 aliphatic carbocycles. The van der Waals surface area contributed by atoms with Gasteiger partial charge in [0.15, 0.2) is 5.78 Å². The van der Waals surface area contributed by atoms with Gasteiger partial charge in [0.05, 0.1) is 0 Å². The Morgan fingerprint density at radius 3 is 1.94 bits per heavy atom. The van der Waals surface area contributed by atoms with Gasteiger partial charge in [0, 0.05) is 18.2 Å². The SMILES string of the molecule is O=C(O)/C=C/C=C/C(=O)c1c(O)cc(O)cc1O. The molecule has 94 valence electrons. The lowest BCUT2D eigenvalue weighted by Crippen LogP contribution is -1.95. The molecule has 18 heavy (non-hydrogen) atoms. The average Bonchev–Trinajstić information content (AvgIpc) is 2.22. The van der Waals surface area contributed by atoms with Crippen LogP contribution < -0.4 is 0 Å². The van der Waals surface area contributed by atoms with E-state index in [0.717, 1.165) is 36.4 Å². The van der Waals surface area contributed by atoms with E-state index in [-0.39, 0.29) is 11.3 Å². The van der Waals surface area contributed by atoms with Crippen LogP contribution in [0.25, 0.3) is 0 Å². The maximum atomic E-state index is 11.6. The summed E-state index contributed by atoms with van der Waals surface area (Å²) in [6.45, 7) is 0. The Morgan fingerprint density at radius 2 is 1.44 bits per heavy atom. The van der Waals surface area contributed by atoms with Gasteiger partial charge in [-0.3, -0.25) is 4.79 Å². The second-order valence-corrected chi connectivity index (χ2v) is 3.28. The number of allylic oxidation sites excluding steroid dienone is 3. The molecular formula is C12H10O6. The summed E-state index contributed by atoms with van der Waals surface area (Å²) >= 11 is 0. The summed E-state index contributed by atoms with van der Waals surface area (Å²) in [6, 6.07) is 1.82. The quantitative estimate of drug-likeness (QED) is 0.362. The minimum absolute atomic E-state index is 0.368. The number of carboxylic acid groups (broad SMARTS) is 1. The van der Waals surface area contributed by atoms with Crippen LogP contribution in [0.2, 0.25) is 0 Å². The number of ketones is 1. The van der Waals surface area contributed by atoms with Crippen molar-refractivity contribution < 1.29 is 30.0 Å². The summed E-state index contributed by atoms with van der Waals surface area (Å²) in [7, 11) is 0. The van der Waals surface area contributed by atoms with Gasteiger partial charge in [0.25, 0.3) is 0 Å². The van der Waals surface area contributed by atoms with E-state index in [1.54, 1.807) is 0 Å². The monoisotopic (exact) mass is 250 g/mol. The summed E-state index contributed by atoms with van der Waals surface area (Å²) in [5.41, 5.74) is -0.368. The molecule has 0 atom stereocenters. The van der Waals surface area contributed by atoms with Crippen LogP contribution >= 0.6 is 0 Å². The van der Waals surface area contributed by atoms with Crippen LogP contribution in [-0.2, 0) is 4.79 Å². The van der Waals surface area contributed by atoms with Gasteiger partial charge in [0.2, 0.25) is 0 Å². The van der Waals surface area contributed by atoms with Gasteiger partial charge in [-0.15, -0.1) is 0 Å². The highest BCUT2D eigenvalue weighted by Crippen LogP contribution is 2.32. The summed E-state index contributed by atoms with van der Waals surface area (Å²) < 4.78 is 0. The summed E-state index contributed by atoms with van der Waals surface area (Å²) in [5, 5.41) is 36.2. The molecular weight excluding hydrogens is 240 g/mol. The lowest BCUT2D eigenvalue weighted by atomic mass is 10.1. The summed E-state index contributed by atoms with van der Waals surface area (Å²) in [4.78, 5) is 21.7. The lowest BCUT2D eigenvalue weighted by molar-refractivity contribution is -0.131. The van der Waals surface area contributed by atoms with E-state index in [9.17, 15) is 19.8 Å². The molecule has 0 aliphatic rings. The molecule has 0 fully saturated rings. The van der Waals surface area contributed by atoms with E-state index in [1.165, 1.54) is 0 Å². The third-order valence-electron chi connectivity index (χ3n) is 1.93. The Hall–Kier alpha value is -2.76. The van der Waals surface area contributed by atoms with Gasteiger partial charge in [-0.2, -0.15) is 0 Å². The van der Waals surface area contributed by atoms with Crippen molar-refractivity contribution in [2.24, 2.45) is 0 Å². The number of aliphatic carboxylic acids is 1. The van der Waals surface area contributed by atoms with E-state index in [1.807, 2.05) is 0 Å². The average molecular weight is 250 g/mol. The van der Waals surface area contributed by atoms with Crippen molar-refractivity contribution in [1.82, 2.24) is 0 Å². The second-order valence-electron chi connectivity index (χ2n) is 3.28. The van der Waals surface area contributed by atoms with E-state index in [4.69, 9.17) is 10.2 Å². The summed E-state index contributed by atoms with van der Waals surface area (Å²) in [6.07, 6.45) is 4.07. The van der Waals surface area contributed by atoms with Gasteiger partial charge < -0.3 is 20.4 Å². The predicted molar refractivity (Wildman–Crippen MR) is 61.7 cm³/mol. The molecule has 0 unspecified atom stereocenters. The highest BCUT2D eigenvalue weighted by molar-refractivity contribution is 6.08. The molecule has 0 saturated carbocycles. The molecule has 6 nitrogen and oxygen atoms in total. The van der Waals surface area contributed by atoms with E-state index in [0.29, 0.717) is 0 Å². The van der Waals surface area contributed by atoms with Crippen molar-refractivity contribution >= 4 is 11.8 Å². The zero-order chi connectivity index (χ0) is 13.7. The van der Waals surface area contributed by atoms with Crippen LogP contribution in [0.1, 0.15) is 10.4 Å². The number of carboxylic acids is 1. The van der Waals surface area contributed by atoms with Crippen LogP contribution in [0, 0.1) is 0 Å². The Kier molecular flexibility index (Phi) is 4.09. The van der Waals surface area contributed by atoms with E-state index in [2.05, 4.69) is 0 Å². The van der Waals surface area contributed by atoms with Gasteiger partial charge in [-0.05, 0) is 6.08 Å². The van der Waals surface area contributed by atoms with Gasteiger partial charge >= 0.3 is 5.97 Å². The summed E-state index contributed by atoms with van der Waals surface area (Å²) in [5.74, 6) is -3.40. The second kappa shape index (κ2) is 5.53. The first-order valence-corrected chi connectivity index (χ1v) is 4.78. The fourth-order valence-corrected chi connectivity index (χ4v) is 1.21. The number of phenolic OH excluding ortho intramolecular Hbond substituents is 3. The van der Waals surface area contributed by atoms with Gasteiger partial charge in [0.1, 0.15) is 22.8 Å². The molecule has 0 aliphatic heterocycles. The molecule has 0 spiro atoms. The molecule has 1 aromatic rings. The third-order valence-corrected chi connectivity index (χ3v) is 1.93. The van der Waals surface area contributed by atoms with Crippen molar-refractivity contribution in [2.75, 3.05) is 0 Å². The Bertz CT molecular complexity index is 518. The Labute approximate surface area is 102 Å². The molecule has 6 heteroatoms. The molecule has 0 bridgehead atoms. The molecule has 1 aromatic carbocycles. The number of carbonyl (C=O) groups is 2. The fraction of sp³-hybridized carbons (Fsp3) is 0. The molecule has 4 N–H and O–H groups in total. The first kappa shape index (κ1) is 13.3. The van der Waals surface area contributed by atoms with Crippen LogP contribution in [-0.4, -0.2) is 32.2 Å². The largest absolute Gasteiger partial charge is 0.508 e. The zero-order valence-electron chi connectivity index (χ0n) is 9.07.